The summed E-state index contributed by atoms with van der Waals surface area (Å²) < 4.78 is 5.28. The summed E-state index contributed by atoms with van der Waals surface area (Å²) in [5.74, 6) is 0.647. The van der Waals surface area contributed by atoms with Gasteiger partial charge in [0.15, 0.2) is 0 Å². The first-order chi connectivity index (χ1) is 9.10. The van der Waals surface area contributed by atoms with Crippen molar-refractivity contribution in [2.75, 3.05) is 13.7 Å². The van der Waals surface area contributed by atoms with E-state index >= 15 is 0 Å². The lowest BCUT2D eigenvalue weighted by molar-refractivity contribution is -0.134. The molecule has 4 atom stereocenters. The van der Waals surface area contributed by atoms with Gasteiger partial charge in [-0.05, 0) is 18.8 Å². The maximum absolute atomic E-state index is 12.7. The molecule has 1 rings (SSSR count). The highest BCUT2D eigenvalue weighted by Crippen LogP contribution is 2.25. The largest absolute Gasteiger partial charge is 0.383 e. The predicted octanol–water partition coefficient (Wildman–Crippen LogP) is 2.38. The highest BCUT2D eigenvalue weighted by molar-refractivity contribution is 5.85. The van der Waals surface area contributed by atoms with E-state index in [4.69, 9.17) is 4.74 Å². The maximum atomic E-state index is 12.7. The number of methoxy groups -OCH3 is 1. The molecule has 1 heterocycles. The Morgan fingerprint density at radius 2 is 2.00 bits per heavy atom. The van der Waals surface area contributed by atoms with Gasteiger partial charge in [0, 0.05) is 7.11 Å². The van der Waals surface area contributed by atoms with Crippen LogP contribution >= 0.6 is 0 Å². The Bertz CT molecular complexity index is 283. The minimum atomic E-state index is -0.0209. The van der Waals surface area contributed by atoms with Crippen LogP contribution in [-0.2, 0) is 9.53 Å². The zero-order valence-electron chi connectivity index (χ0n) is 13.1. The Morgan fingerprint density at radius 1 is 1.32 bits per heavy atom. The van der Waals surface area contributed by atoms with E-state index in [1.165, 1.54) is 0 Å². The Morgan fingerprint density at radius 3 is 2.47 bits per heavy atom. The molecule has 1 aliphatic heterocycles. The predicted molar refractivity (Wildman–Crippen MR) is 77.9 cm³/mol. The van der Waals surface area contributed by atoms with E-state index in [2.05, 4.69) is 33.0 Å². The van der Waals surface area contributed by atoms with E-state index in [0.29, 0.717) is 12.5 Å². The summed E-state index contributed by atoms with van der Waals surface area (Å²) in [6.45, 7) is 9.20. The van der Waals surface area contributed by atoms with Crippen molar-refractivity contribution in [3.05, 3.63) is 0 Å². The van der Waals surface area contributed by atoms with E-state index in [9.17, 15) is 4.79 Å². The molecule has 0 saturated carbocycles. The number of hydrogen-bond donors (Lipinski definition) is 1. The average molecular weight is 270 g/mol. The van der Waals surface area contributed by atoms with Gasteiger partial charge in [-0.25, -0.2) is 0 Å². The lowest BCUT2D eigenvalue weighted by Crippen LogP contribution is -2.46. The molecule has 1 aliphatic rings. The summed E-state index contributed by atoms with van der Waals surface area (Å²) in [7, 11) is 1.71. The van der Waals surface area contributed by atoms with Gasteiger partial charge in [0.1, 0.15) is 0 Å². The quantitative estimate of drug-likeness (QED) is 0.736. The topological polar surface area (TPSA) is 41.6 Å². The van der Waals surface area contributed by atoms with Crippen LogP contribution in [0.15, 0.2) is 0 Å². The van der Waals surface area contributed by atoms with Gasteiger partial charge in [-0.1, -0.05) is 40.5 Å². The highest BCUT2D eigenvalue weighted by Gasteiger charge is 2.43. The third kappa shape index (κ3) is 3.69. The zero-order chi connectivity index (χ0) is 14.4. The molecule has 1 saturated heterocycles. The van der Waals surface area contributed by atoms with Crippen LogP contribution in [0.1, 0.15) is 53.4 Å². The summed E-state index contributed by atoms with van der Waals surface area (Å²) in [5.41, 5.74) is 0. The first-order valence-electron chi connectivity index (χ1n) is 7.67. The second-order valence-corrected chi connectivity index (χ2v) is 5.60. The van der Waals surface area contributed by atoms with Crippen molar-refractivity contribution < 1.29 is 9.53 Å². The number of amides is 1. The molecule has 0 spiro atoms. The van der Waals surface area contributed by atoms with Crippen LogP contribution in [0.3, 0.4) is 0 Å². The van der Waals surface area contributed by atoms with Gasteiger partial charge in [-0.2, -0.15) is 0 Å². The van der Waals surface area contributed by atoms with Crippen LogP contribution in [0.2, 0.25) is 0 Å². The molecule has 112 valence electrons. The lowest BCUT2D eigenvalue weighted by Gasteiger charge is -2.31. The minimum absolute atomic E-state index is 0.0209. The fourth-order valence-corrected chi connectivity index (χ4v) is 2.83. The monoisotopic (exact) mass is 270 g/mol. The van der Waals surface area contributed by atoms with Crippen molar-refractivity contribution in [1.82, 2.24) is 10.2 Å². The molecule has 4 nitrogen and oxygen atoms in total. The number of ether oxygens (including phenoxy) is 1. The van der Waals surface area contributed by atoms with E-state index in [1.54, 1.807) is 7.11 Å². The van der Waals surface area contributed by atoms with Crippen molar-refractivity contribution in [3.63, 3.8) is 0 Å². The molecule has 0 bridgehead atoms. The minimum Gasteiger partial charge on any atom is -0.383 e. The molecule has 1 fully saturated rings. The third-order valence-corrected chi connectivity index (χ3v) is 4.23. The van der Waals surface area contributed by atoms with Gasteiger partial charge in [0.2, 0.25) is 5.91 Å². The van der Waals surface area contributed by atoms with Gasteiger partial charge in [-0.3, -0.25) is 10.1 Å². The van der Waals surface area contributed by atoms with Crippen LogP contribution in [-0.4, -0.2) is 42.8 Å². The Labute approximate surface area is 117 Å². The van der Waals surface area contributed by atoms with Crippen LogP contribution in [0.5, 0.6) is 0 Å². The fraction of sp³-hybridized carbons (Fsp3) is 0.933. The van der Waals surface area contributed by atoms with Gasteiger partial charge in [0.25, 0.3) is 0 Å². The number of nitrogens with zero attached hydrogens (tertiary/aromatic N) is 1. The molecule has 1 N–H and O–H groups in total. The average Bonchev–Trinajstić information content (AvgIpc) is 2.73. The van der Waals surface area contributed by atoms with E-state index < -0.39 is 0 Å². The number of hydrogen-bond acceptors (Lipinski definition) is 3. The second-order valence-electron chi connectivity index (χ2n) is 5.60. The smallest absolute Gasteiger partial charge is 0.241 e. The van der Waals surface area contributed by atoms with Crippen molar-refractivity contribution in [2.45, 2.75) is 71.6 Å². The molecule has 19 heavy (non-hydrogen) atoms. The van der Waals surface area contributed by atoms with Gasteiger partial charge < -0.3 is 9.64 Å². The summed E-state index contributed by atoms with van der Waals surface area (Å²) in [5, 5.41) is 3.54. The van der Waals surface area contributed by atoms with Crippen molar-refractivity contribution in [2.24, 2.45) is 5.92 Å². The summed E-state index contributed by atoms with van der Waals surface area (Å²) >= 11 is 0. The van der Waals surface area contributed by atoms with Crippen LogP contribution in [0.4, 0.5) is 0 Å². The Hall–Kier alpha value is -0.610. The maximum Gasteiger partial charge on any atom is 0.241 e. The van der Waals surface area contributed by atoms with E-state index in [1.807, 2.05) is 4.90 Å². The normalized spacial score (nSPS) is 26.8. The van der Waals surface area contributed by atoms with Crippen molar-refractivity contribution in [3.8, 4) is 0 Å². The Kier molecular flexibility index (Phi) is 6.80. The SMILES string of the molecule is CCCC1NC(C(C)CC)C(=O)N1C(CC)COC. The number of rotatable bonds is 8. The molecular weight excluding hydrogens is 240 g/mol. The Balaban J connectivity index is 2.87. The standard InChI is InChI=1S/C15H30N2O2/c1-6-9-13-16-14(11(4)7-2)15(18)17(13)12(8-3)10-19-5/h11-14,16H,6-10H2,1-5H3. The van der Waals surface area contributed by atoms with Crippen molar-refractivity contribution in [1.29, 1.82) is 0 Å². The number of carbonyl (C=O) groups is 1. The molecule has 0 aromatic rings. The molecule has 1 amide bonds. The molecule has 4 heteroatoms. The van der Waals surface area contributed by atoms with Crippen molar-refractivity contribution >= 4 is 5.91 Å². The van der Waals surface area contributed by atoms with E-state index in [-0.39, 0.29) is 24.2 Å². The molecule has 0 aromatic carbocycles. The van der Waals surface area contributed by atoms with Crippen LogP contribution < -0.4 is 5.32 Å². The summed E-state index contributed by atoms with van der Waals surface area (Å²) in [6.07, 6.45) is 4.24. The van der Waals surface area contributed by atoms with Crippen LogP contribution in [0, 0.1) is 5.92 Å². The summed E-state index contributed by atoms with van der Waals surface area (Å²) in [6, 6.07) is 0.170. The lowest BCUT2D eigenvalue weighted by atomic mass is 9.99. The fourth-order valence-electron chi connectivity index (χ4n) is 2.83. The molecule has 4 unspecified atom stereocenters. The first kappa shape index (κ1) is 16.4. The van der Waals surface area contributed by atoms with Gasteiger partial charge >= 0.3 is 0 Å². The molecule has 0 radical (unpaired) electrons. The highest BCUT2D eigenvalue weighted by atomic mass is 16.5. The van der Waals surface area contributed by atoms with Gasteiger partial charge in [0.05, 0.1) is 24.9 Å². The molecular formula is C15H30N2O2. The third-order valence-electron chi connectivity index (χ3n) is 4.23. The molecule has 0 aromatic heterocycles. The van der Waals surface area contributed by atoms with E-state index in [0.717, 1.165) is 25.7 Å². The molecule has 0 aliphatic carbocycles. The van der Waals surface area contributed by atoms with Crippen LogP contribution in [0.25, 0.3) is 0 Å². The second kappa shape index (κ2) is 7.85. The zero-order valence-corrected chi connectivity index (χ0v) is 13.1. The van der Waals surface area contributed by atoms with Gasteiger partial charge in [-0.15, -0.1) is 0 Å². The first-order valence-corrected chi connectivity index (χ1v) is 7.67. The number of carbonyl (C=O) groups excluding carboxylic acids is 1. The number of nitrogens with one attached hydrogen (secondary N) is 1. The summed E-state index contributed by atoms with van der Waals surface area (Å²) in [4.78, 5) is 14.7.